The standard InChI is InChI=1S/C12H10ClF2NO/c13-3-1-2-12-16-7-11(17-12)8-4-9(14)6-10(15)5-8/h4-7H,1-3H2. The first kappa shape index (κ1) is 12.0. The van der Waals surface area contributed by atoms with Gasteiger partial charge in [0.1, 0.15) is 11.6 Å². The maximum Gasteiger partial charge on any atom is 0.194 e. The lowest BCUT2D eigenvalue weighted by atomic mass is 10.2. The van der Waals surface area contributed by atoms with E-state index < -0.39 is 11.6 Å². The summed E-state index contributed by atoms with van der Waals surface area (Å²) in [6, 6.07) is 3.22. The highest BCUT2D eigenvalue weighted by molar-refractivity contribution is 6.17. The third-order valence-corrected chi connectivity index (χ3v) is 2.49. The number of nitrogens with zero attached hydrogens (tertiary/aromatic N) is 1. The summed E-state index contributed by atoms with van der Waals surface area (Å²) in [6.07, 6.45) is 2.82. The van der Waals surface area contributed by atoms with Crippen LogP contribution in [0.1, 0.15) is 12.3 Å². The molecule has 0 aliphatic carbocycles. The molecule has 0 saturated heterocycles. The Hall–Kier alpha value is -1.42. The predicted molar refractivity (Wildman–Crippen MR) is 60.9 cm³/mol. The topological polar surface area (TPSA) is 26.0 Å². The molecule has 0 saturated carbocycles. The van der Waals surface area contributed by atoms with Crippen LogP contribution in [0.15, 0.2) is 28.8 Å². The first-order chi connectivity index (χ1) is 8.19. The van der Waals surface area contributed by atoms with E-state index in [0.717, 1.165) is 12.5 Å². The number of aryl methyl sites for hydroxylation is 1. The van der Waals surface area contributed by atoms with Crippen LogP contribution in [-0.2, 0) is 6.42 Å². The van der Waals surface area contributed by atoms with E-state index in [1.807, 2.05) is 0 Å². The van der Waals surface area contributed by atoms with Crippen molar-refractivity contribution in [1.82, 2.24) is 4.98 Å². The number of oxazole rings is 1. The van der Waals surface area contributed by atoms with Gasteiger partial charge >= 0.3 is 0 Å². The number of rotatable bonds is 4. The molecule has 2 aromatic rings. The molecule has 0 spiro atoms. The molecule has 1 heterocycles. The smallest absolute Gasteiger partial charge is 0.194 e. The van der Waals surface area contributed by atoms with Gasteiger partial charge in [0.25, 0.3) is 0 Å². The van der Waals surface area contributed by atoms with Gasteiger partial charge in [-0.3, -0.25) is 0 Å². The SMILES string of the molecule is Fc1cc(F)cc(-c2cnc(CCCCl)o2)c1. The van der Waals surface area contributed by atoms with Crippen molar-refractivity contribution >= 4 is 11.6 Å². The van der Waals surface area contributed by atoms with Crippen molar-refractivity contribution < 1.29 is 13.2 Å². The van der Waals surface area contributed by atoms with Crippen molar-refractivity contribution in [3.05, 3.63) is 41.9 Å². The van der Waals surface area contributed by atoms with Gasteiger partial charge in [0.2, 0.25) is 0 Å². The molecule has 2 rings (SSSR count). The number of hydrogen-bond acceptors (Lipinski definition) is 2. The Kier molecular flexibility index (Phi) is 3.74. The van der Waals surface area contributed by atoms with Crippen LogP contribution >= 0.6 is 11.6 Å². The fourth-order valence-electron chi connectivity index (χ4n) is 1.47. The van der Waals surface area contributed by atoms with Crippen molar-refractivity contribution in [2.24, 2.45) is 0 Å². The molecule has 0 radical (unpaired) electrons. The van der Waals surface area contributed by atoms with Gasteiger partial charge in [0.15, 0.2) is 11.7 Å². The highest BCUT2D eigenvalue weighted by Crippen LogP contribution is 2.22. The number of aromatic nitrogens is 1. The molecule has 90 valence electrons. The minimum atomic E-state index is -0.640. The molecule has 0 bridgehead atoms. The summed E-state index contributed by atoms with van der Waals surface area (Å²) in [7, 11) is 0. The van der Waals surface area contributed by atoms with Gasteiger partial charge in [-0.15, -0.1) is 11.6 Å². The Bertz CT molecular complexity index is 493. The first-order valence-electron chi connectivity index (χ1n) is 5.16. The summed E-state index contributed by atoms with van der Waals surface area (Å²) in [5.74, 6) is 0.113. The number of hydrogen-bond donors (Lipinski definition) is 0. The molecule has 2 nitrogen and oxygen atoms in total. The summed E-state index contributed by atoms with van der Waals surface area (Å²) in [5.41, 5.74) is 0.340. The van der Waals surface area contributed by atoms with Crippen LogP contribution in [0.3, 0.4) is 0 Å². The second kappa shape index (κ2) is 5.27. The van der Waals surface area contributed by atoms with Crippen molar-refractivity contribution in [1.29, 1.82) is 0 Å². The predicted octanol–water partition coefficient (Wildman–Crippen LogP) is 3.79. The van der Waals surface area contributed by atoms with E-state index in [4.69, 9.17) is 16.0 Å². The lowest BCUT2D eigenvalue weighted by Crippen LogP contribution is -1.85. The van der Waals surface area contributed by atoms with Crippen LogP contribution < -0.4 is 0 Å². The highest BCUT2D eigenvalue weighted by atomic mass is 35.5. The molecule has 1 aromatic heterocycles. The van der Waals surface area contributed by atoms with Crippen LogP contribution in [0.5, 0.6) is 0 Å². The molecule has 0 amide bonds. The number of benzene rings is 1. The Morgan fingerprint density at radius 3 is 2.53 bits per heavy atom. The Balaban J connectivity index is 2.24. The maximum absolute atomic E-state index is 13.0. The van der Waals surface area contributed by atoms with E-state index in [1.165, 1.54) is 18.3 Å². The molecule has 1 aromatic carbocycles. The summed E-state index contributed by atoms with van der Waals surface area (Å²) in [5, 5.41) is 0. The monoisotopic (exact) mass is 257 g/mol. The van der Waals surface area contributed by atoms with Crippen molar-refractivity contribution in [2.75, 3.05) is 5.88 Å². The quantitative estimate of drug-likeness (QED) is 0.779. The van der Waals surface area contributed by atoms with Gasteiger partial charge in [-0.25, -0.2) is 13.8 Å². The van der Waals surface area contributed by atoms with Crippen LogP contribution in [-0.4, -0.2) is 10.9 Å². The Morgan fingerprint density at radius 1 is 1.18 bits per heavy atom. The molecular weight excluding hydrogens is 248 g/mol. The fourth-order valence-corrected chi connectivity index (χ4v) is 1.61. The molecule has 0 aliphatic rings. The van der Waals surface area contributed by atoms with Gasteiger partial charge in [-0.1, -0.05) is 0 Å². The summed E-state index contributed by atoms with van der Waals surface area (Å²) in [6.45, 7) is 0. The van der Waals surface area contributed by atoms with Crippen LogP contribution in [0.2, 0.25) is 0 Å². The largest absolute Gasteiger partial charge is 0.441 e. The van der Waals surface area contributed by atoms with E-state index in [-0.39, 0.29) is 0 Å². The first-order valence-corrected chi connectivity index (χ1v) is 5.69. The zero-order chi connectivity index (χ0) is 12.3. The average Bonchev–Trinajstić information content (AvgIpc) is 2.73. The lowest BCUT2D eigenvalue weighted by molar-refractivity contribution is 0.502. The molecule has 0 aliphatic heterocycles. The molecule has 0 atom stereocenters. The van der Waals surface area contributed by atoms with E-state index in [9.17, 15) is 8.78 Å². The van der Waals surface area contributed by atoms with Crippen LogP contribution in [0.25, 0.3) is 11.3 Å². The van der Waals surface area contributed by atoms with Gasteiger partial charge in [-0.2, -0.15) is 0 Å². The normalized spacial score (nSPS) is 10.8. The van der Waals surface area contributed by atoms with Crippen molar-refractivity contribution in [2.45, 2.75) is 12.8 Å². The molecular formula is C12H10ClF2NO. The van der Waals surface area contributed by atoms with Crippen molar-refractivity contribution in [3.8, 4) is 11.3 Å². The minimum absolute atomic E-state index is 0.340. The van der Waals surface area contributed by atoms with E-state index in [0.29, 0.717) is 29.5 Å². The Morgan fingerprint density at radius 2 is 1.88 bits per heavy atom. The van der Waals surface area contributed by atoms with Gasteiger partial charge in [0, 0.05) is 23.9 Å². The number of alkyl halides is 1. The second-order valence-corrected chi connectivity index (χ2v) is 3.95. The fraction of sp³-hybridized carbons (Fsp3) is 0.250. The summed E-state index contributed by atoms with van der Waals surface area (Å²) >= 11 is 5.55. The zero-order valence-corrected chi connectivity index (χ0v) is 9.68. The van der Waals surface area contributed by atoms with Crippen LogP contribution in [0.4, 0.5) is 8.78 Å². The Labute approximate surface area is 102 Å². The third kappa shape index (κ3) is 3.03. The maximum atomic E-state index is 13.0. The van der Waals surface area contributed by atoms with E-state index >= 15 is 0 Å². The molecule has 0 fully saturated rings. The molecule has 0 unspecified atom stereocenters. The lowest BCUT2D eigenvalue weighted by Gasteiger charge is -1.97. The van der Waals surface area contributed by atoms with E-state index in [1.54, 1.807) is 0 Å². The average molecular weight is 258 g/mol. The third-order valence-electron chi connectivity index (χ3n) is 2.22. The minimum Gasteiger partial charge on any atom is -0.441 e. The second-order valence-electron chi connectivity index (χ2n) is 3.57. The zero-order valence-electron chi connectivity index (χ0n) is 8.92. The molecule has 0 N–H and O–H groups in total. The highest BCUT2D eigenvalue weighted by Gasteiger charge is 2.08. The van der Waals surface area contributed by atoms with Crippen LogP contribution in [0, 0.1) is 11.6 Å². The molecule has 17 heavy (non-hydrogen) atoms. The summed E-state index contributed by atoms with van der Waals surface area (Å²) < 4.78 is 31.4. The van der Waals surface area contributed by atoms with Gasteiger partial charge in [0.05, 0.1) is 6.20 Å². The van der Waals surface area contributed by atoms with E-state index in [2.05, 4.69) is 4.98 Å². The number of halogens is 3. The van der Waals surface area contributed by atoms with Gasteiger partial charge in [-0.05, 0) is 18.6 Å². The summed E-state index contributed by atoms with van der Waals surface area (Å²) in [4.78, 5) is 4.02. The molecule has 5 heteroatoms. The van der Waals surface area contributed by atoms with Gasteiger partial charge < -0.3 is 4.42 Å². The van der Waals surface area contributed by atoms with Crippen molar-refractivity contribution in [3.63, 3.8) is 0 Å².